The van der Waals surface area contributed by atoms with Gasteiger partial charge in [-0.1, -0.05) is 66.2 Å². The third kappa shape index (κ3) is 5.68. The first-order chi connectivity index (χ1) is 14.6. The molecule has 154 valence electrons. The fourth-order valence-corrected chi connectivity index (χ4v) is 2.97. The van der Waals surface area contributed by atoms with Crippen molar-refractivity contribution in [2.75, 3.05) is 6.61 Å². The van der Waals surface area contributed by atoms with E-state index in [9.17, 15) is 4.79 Å². The summed E-state index contributed by atoms with van der Waals surface area (Å²) in [6.07, 6.45) is 5.99. The summed E-state index contributed by atoms with van der Waals surface area (Å²) >= 11 is 0. The van der Waals surface area contributed by atoms with Crippen molar-refractivity contribution < 1.29 is 9.53 Å². The first kappa shape index (κ1) is 21.1. The lowest BCUT2D eigenvalue weighted by molar-refractivity contribution is 0.103. The molecule has 0 radical (unpaired) electrons. The number of nitrogens with two attached hydrogens (primary N) is 2. The number of amidine groups is 1. The molecule has 4 N–H and O–H groups in total. The number of carbonyl (C=O) groups excluding carboxylic acids is 1. The van der Waals surface area contributed by atoms with Gasteiger partial charge in [-0.05, 0) is 30.2 Å². The largest absolute Gasteiger partial charge is 0.384 e. The second-order valence-electron chi connectivity index (χ2n) is 7.00. The third-order valence-corrected chi connectivity index (χ3v) is 4.65. The summed E-state index contributed by atoms with van der Waals surface area (Å²) < 4.78 is 7.38. The maximum Gasteiger partial charge on any atom is 0.209 e. The van der Waals surface area contributed by atoms with E-state index in [1.807, 2.05) is 90.5 Å². The van der Waals surface area contributed by atoms with Crippen LogP contribution >= 0.6 is 0 Å². The number of ketones is 1. The molecule has 0 saturated carbocycles. The van der Waals surface area contributed by atoms with Gasteiger partial charge in [0.1, 0.15) is 12.4 Å². The smallest absolute Gasteiger partial charge is 0.209 e. The molecule has 1 aromatic heterocycles. The molecule has 1 heterocycles. The van der Waals surface area contributed by atoms with E-state index < -0.39 is 0 Å². The van der Waals surface area contributed by atoms with Crippen molar-refractivity contribution in [3.63, 3.8) is 0 Å². The van der Waals surface area contributed by atoms with Crippen molar-refractivity contribution in [1.82, 2.24) is 4.57 Å². The molecule has 0 spiro atoms. The Morgan fingerprint density at radius 2 is 1.83 bits per heavy atom. The molecule has 0 aliphatic heterocycles. The Labute approximate surface area is 176 Å². The van der Waals surface area contributed by atoms with Gasteiger partial charge in [0.2, 0.25) is 5.78 Å². The van der Waals surface area contributed by atoms with E-state index in [1.165, 1.54) is 0 Å². The van der Waals surface area contributed by atoms with Crippen LogP contribution in [0.15, 0.2) is 78.0 Å². The molecule has 6 heteroatoms. The van der Waals surface area contributed by atoms with Crippen LogP contribution in [0.2, 0.25) is 0 Å². The zero-order valence-corrected chi connectivity index (χ0v) is 17.0. The van der Waals surface area contributed by atoms with Crippen LogP contribution in [0.25, 0.3) is 6.08 Å². The highest BCUT2D eigenvalue weighted by Gasteiger charge is 2.12. The summed E-state index contributed by atoms with van der Waals surface area (Å²) in [6.45, 7) is 3.27. The molecule has 0 aliphatic carbocycles. The number of benzene rings is 2. The number of aromatic nitrogens is 1. The first-order valence-corrected chi connectivity index (χ1v) is 9.69. The van der Waals surface area contributed by atoms with Crippen LogP contribution in [0.5, 0.6) is 0 Å². The highest BCUT2D eigenvalue weighted by atomic mass is 16.5. The van der Waals surface area contributed by atoms with E-state index in [-0.39, 0.29) is 18.2 Å². The van der Waals surface area contributed by atoms with Gasteiger partial charge in [0.15, 0.2) is 0 Å². The number of allylic oxidation sites excluding steroid dienone is 1. The van der Waals surface area contributed by atoms with Crippen molar-refractivity contribution >= 4 is 17.7 Å². The number of hydrogen-bond donors (Lipinski definition) is 2. The van der Waals surface area contributed by atoms with Crippen LogP contribution in [-0.4, -0.2) is 22.8 Å². The molecule has 6 nitrogen and oxygen atoms in total. The Hall–Kier alpha value is -3.64. The van der Waals surface area contributed by atoms with E-state index in [2.05, 4.69) is 5.10 Å². The number of aryl methyl sites for hydroxylation is 1. The first-order valence-electron chi connectivity index (χ1n) is 9.69. The molecule has 0 unspecified atom stereocenters. The van der Waals surface area contributed by atoms with Gasteiger partial charge in [0.05, 0.1) is 12.3 Å². The van der Waals surface area contributed by atoms with Gasteiger partial charge in [-0.25, -0.2) is 0 Å². The fraction of sp³-hybridized carbons (Fsp3) is 0.167. The van der Waals surface area contributed by atoms with Crippen molar-refractivity contribution in [2.24, 2.45) is 16.7 Å². The number of nitrogens with zero attached hydrogens (tertiary/aromatic N) is 2. The summed E-state index contributed by atoms with van der Waals surface area (Å²) in [6, 6.07) is 19.4. The van der Waals surface area contributed by atoms with Crippen molar-refractivity contribution in [2.45, 2.75) is 20.1 Å². The molecule has 0 saturated heterocycles. The molecule has 0 amide bonds. The van der Waals surface area contributed by atoms with E-state index in [0.29, 0.717) is 24.4 Å². The summed E-state index contributed by atoms with van der Waals surface area (Å²) in [5, 5.41) is 3.36. The number of ether oxygens (including phenoxy) is 1. The van der Waals surface area contributed by atoms with Gasteiger partial charge in [-0.3, -0.25) is 4.79 Å². The third-order valence-electron chi connectivity index (χ3n) is 4.65. The Morgan fingerprint density at radius 3 is 2.53 bits per heavy atom. The maximum absolute atomic E-state index is 12.8. The Balaban J connectivity index is 1.58. The lowest BCUT2D eigenvalue weighted by Gasteiger charge is -2.07. The minimum atomic E-state index is 0.0260. The molecule has 0 bridgehead atoms. The molecule has 0 fully saturated rings. The minimum Gasteiger partial charge on any atom is -0.384 e. The number of rotatable bonds is 9. The monoisotopic (exact) mass is 402 g/mol. The molecule has 3 aromatic rings. The topological polar surface area (TPSA) is 95.6 Å². The van der Waals surface area contributed by atoms with Crippen LogP contribution in [0, 0.1) is 6.92 Å². The molecule has 0 aliphatic rings. The fourth-order valence-electron chi connectivity index (χ4n) is 2.97. The van der Waals surface area contributed by atoms with E-state index in [0.717, 1.165) is 16.7 Å². The Bertz CT molecular complexity index is 1030. The predicted octanol–water partition coefficient (Wildman–Crippen LogP) is 3.49. The lowest BCUT2D eigenvalue weighted by atomic mass is 10.1. The summed E-state index contributed by atoms with van der Waals surface area (Å²) in [5.41, 5.74) is 10.1. The predicted molar refractivity (Wildman–Crippen MR) is 120 cm³/mol. The van der Waals surface area contributed by atoms with Gasteiger partial charge < -0.3 is 20.9 Å². The molecule has 2 aromatic carbocycles. The second kappa shape index (κ2) is 10.2. The molecule has 30 heavy (non-hydrogen) atoms. The SMILES string of the molecule is Cc1ccc(C(=O)c2cccn2C/C=C/c2ccc(COC/C(N)=N/N)cc2)cc1. The zero-order chi connectivity index (χ0) is 21.3. The second-order valence-corrected chi connectivity index (χ2v) is 7.00. The van der Waals surface area contributed by atoms with Gasteiger partial charge >= 0.3 is 0 Å². The summed E-state index contributed by atoms with van der Waals surface area (Å²) in [5.74, 6) is 5.36. The van der Waals surface area contributed by atoms with Crippen LogP contribution in [0.4, 0.5) is 0 Å². The maximum atomic E-state index is 12.8. The van der Waals surface area contributed by atoms with E-state index in [1.54, 1.807) is 0 Å². The number of hydrogen-bond acceptors (Lipinski definition) is 4. The molecule has 3 rings (SSSR count). The summed E-state index contributed by atoms with van der Waals surface area (Å²) in [7, 11) is 0. The number of carbonyl (C=O) groups is 1. The van der Waals surface area contributed by atoms with Crippen molar-refractivity contribution in [3.05, 3.63) is 101 Å². The normalized spacial score (nSPS) is 11.8. The van der Waals surface area contributed by atoms with Crippen LogP contribution < -0.4 is 11.6 Å². The van der Waals surface area contributed by atoms with Crippen LogP contribution in [0.1, 0.15) is 32.7 Å². The van der Waals surface area contributed by atoms with E-state index >= 15 is 0 Å². The molecule has 0 atom stereocenters. The molecular weight excluding hydrogens is 376 g/mol. The highest BCUT2D eigenvalue weighted by molar-refractivity contribution is 6.08. The lowest BCUT2D eigenvalue weighted by Crippen LogP contribution is -2.20. The zero-order valence-electron chi connectivity index (χ0n) is 17.0. The van der Waals surface area contributed by atoms with Gasteiger partial charge in [-0.15, -0.1) is 0 Å². The Morgan fingerprint density at radius 1 is 1.10 bits per heavy atom. The minimum absolute atomic E-state index is 0.0260. The van der Waals surface area contributed by atoms with Gasteiger partial charge in [0.25, 0.3) is 0 Å². The van der Waals surface area contributed by atoms with E-state index in [4.69, 9.17) is 16.3 Å². The van der Waals surface area contributed by atoms with Crippen molar-refractivity contribution in [3.8, 4) is 0 Å². The Kier molecular flexibility index (Phi) is 7.19. The summed E-state index contributed by atoms with van der Waals surface area (Å²) in [4.78, 5) is 12.8. The van der Waals surface area contributed by atoms with Crippen LogP contribution in [-0.2, 0) is 17.9 Å². The van der Waals surface area contributed by atoms with Gasteiger partial charge in [-0.2, -0.15) is 5.10 Å². The number of hydrazone groups is 1. The van der Waals surface area contributed by atoms with Gasteiger partial charge in [0, 0.05) is 18.3 Å². The molecular formula is C24H26N4O2. The van der Waals surface area contributed by atoms with Crippen molar-refractivity contribution in [1.29, 1.82) is 0 Å². The standard InChI is InChI=1S/C24H26N4O2/c1-18-6-12-21(13-7-18)24(29)22-5-3-15-28(22)14-2-4-19-8-10-20(11-9-19)16-30-17-23(25)27-26/h2-13,15H,14,16-17,26H2,1H3,(H2,25,27)/b4-2+. The highest BCUT2D eigenvalue weighted by Crippen LogP contribution is 2.13. The van der Waals surface area contributed by atoms with Crippen LogP contribution in [0.3, 0.4) is 0 Å². The quantitative estimate of drug-likeness (QED) is 0.188. The average molecular weight is 402 g/mol. The average Bonchev–Trinajstić information content (AvgIpc) is 3.23.